The summed E-state index contributed by atoms with van der Waals surface area (Å²) in [7, 11) is 8.99. The summed E-state index contributed by atoms with van der Waals surface area (Å²) in [6.07, 6.45) is 6.36. The molecule has 0 heterocycles. The Morgan fingerprint density at radius 1 is 0.500 bits per heavy atom. The van der Waals surface area contributed by atoms with Crippen LogP contribution in [0.4, 0.5) is 0 Å². The Balaban J connectivity index is 1.73. The van der Waals surface area contributed by atoms with E-state index in [4.69, 9.17) is 28.4 Å². The average Bonchev–Trinajstić information content (AvgIpc) is 2.97. The predicted octanol–water partition coefficient (Wildman–Crippen LogP) is 5.53. The molecular formula is C30H30O8. The molecule has 0 aliphatic heterocycles. The van der Waals surface area contributed by atoms with Gasteiger partial charge in [-0.2, -0.15) is 0 Å². The van der Waals surface area contributed by atoms with Gasteiger partial charge in [0, 0.05) is 11.1 Å². The Morgan fingerprint density at radius 3 is 1.03 bits per heavy atom. The summed E-state index contributed by atoms with van der Waals surface area (Å²) in [4.78, 5) is 25.5. The summed E-state index contributed by atoms with van der Waals surface area (Å²) in [6, 6.07) is 13.8. The van der Waals surface area contributed by atoms with E-state index in [2.05, 4.69) is 0 Å². The second-order valence-corrected chi connectivity index (χ2v) is 7.89. The van der Waals surface area contributed by atoms with E-state index < -0.39 is 0 Å². The molecule has 8 nitrogen and oxygen atoms in total. The van der Waals surface area contributed by atoms with Gasteiger partial charge in [0.25, 0.3) is 0 Å². The molecule has 8 heteroatoms. The highest BCUT2D eigenvalue weighted by Gasteiger charge is 2.17. The molecule has 0 amide bonds. The minimum absolute atomic E-state index is 0.218. The lowest BCUT2D eigenvalue weighted by molar-refractivity contribution is 0.103. The van der Waals surface area contributed by atoms with Gasteiger partial charge in [-0.3, -0.25) is 9.59 Å². The molecule has 0 saturated carbocycles. The maximum absolute atomic E-state index is 12.8. The smallest absolute Gasteiger partial charge is 0.203 e. The second-order valence-electron chi connectivity index (χ2n) is 7.89. The first-order valence-corrected chi connectivity index (χ1v) is 11.5. The van der Waals surface area contributed by atoms with Crippen LogP contribution in [0.5, 0.6) is 34.5 Å². The van der Waals surface area contributed by atoms with Crippen molar-refractivity contribution in [2.45, 2.75) is 0 Å². The number of carbonyl (C=O) groups excluding carboxylic acids is 2. The van der Waals surface area contributed by atoms with Crippen molar-refractivity contribution in [2.24, 2.45) is 0 Å². The van der Waals surface area contributed by atoms with Crippen LogP contribution in [0.1, 0.15) is 31.8 Å². The standard InChI is InChI=1S/C30H30O8/c1-33-25-15-21(16-26(34-2)29(25)37-5)23(31)13-11-19-7-9-20(10-8-19)12-14-24(32)22-17-27(35-3)30(38-6)28(18-22)36-4/h7-18H,1-6H3/b13-11+,14-12+. The SMILES string of the molecule is COc1cc(C(=O)/C=C/c2ccc(/C=C/C(=O)c3cc(OC)c(OC)c(OC)c3)cc2)cc(OC)c1OC. The third-order valence-corrected chi connectivity index (χ3v) is 5.69. The van der Waals surface area contributed by atoms with Gasteiger partial charge in [-0.25, -0.2) is 0 Å². The molecule has 0 bridgehead atoms. The van der Waals surface area contributed by atoms with Gasteiger partial charge < -0.3 is 28.4 Å². The van der Waals surface area contributed by atoms with E-state index in [9.17, 15) is 9.59 Å². The summed E-state index contributed by atoms with van der Waals surface area (Å²) in [6.45, 7) is 0. The summed E-state index contributed by atoms with van der Waals surface area (Å²) in [5.41, 5.74) is 2.44. The van der Waals surface area contributed by atoms with E-state index in [0.29, 0.717) is 45.6 Å². The van der Waals surface area contributed by atoms with Crippen LogP contribution < -0.4 is 28.4 Å². The molecular weight excluding hydrogens is 488 g/mol. The Labute approximate surface area is 222 Å². The normalized spacial score (nSPS) is 10.9. The Morgan fingerprint density at radius 2 is 0.789 bits per heavy atom. The van der Waals surface area contributed by atoms with Crippen LogP contribution in [-0.2, 0) is 0 Å². The first-order valence-electron chi connectivity index (χ1n) is 11.5. The number of hydrogen-bond acceptors (Lipinski definition) is 8. The van der Waals surface area contributed by atoms with Crippen molar-refractivity contribution in [3.8, 4) is 34.5 Å². The molecule has 0 aromatic heterocycles. The zero-order valence-electron chi connectivity index (χ0n) is 22.2. The van der Waals surface area contributed by atoms with E-state index in [0.717, 1.165) is 11.1 Å². The van der Waals surface area contributed by atoms with Crippen LogP contribution in [0.2, 0.25) is 0 Å². The first kappa shape index (κ1) is 27.9. The van der Waals surface area contributed by atoms with Crippen LogP contribution in [0, 0.1) is 0 Å². The highest BCUT2D eigenvalue weighted by molar-refractivity contribution is 6.08. The van der Waals surface area contributed by atoms with Crippen molar-refractivity contribution >= 4 is 23.7 Å². The number of methoxy groups -OCH3 is 6. The number of ketones is 2. The van der Waals surface area contributed by atoms with E-state index in [1.165, 1.54) is 54.8 Å². The zero-order chi connectivity index (χ0) is 27.7. The van der Waals surface area contributed by atoms with Crippen molar-refractivity contribution in [3.05, 3.63) is 82.9 Å². The van der Waals surface area contributed by atoms with Crippen molar-refractivity contribution in [1.29, 1.82) is 0 Å². The molecule has 0 aliphatic carbocycles. The Bertz CT molecular complexity index is 1200. The number of allylic oxidation sites excluding steroid dienone is 2. The fraction of sp³-hybridized carbons (Fsp3) is 0.200. The monoisotopic (exact) mass is 518 g/mol. The quantitative estimate of drug-likeness (QED) is 0.228. The molecule has 0 spiro atoms. The van der Waals surface area contributed by atoms with Crippen LogP contribution in [0.3, 0.4) is 0 Å². The Hall–Kier alpha value is -4.72. The lowest BCUT2D eigenvalue weighted by atomic mass is 10.1. The van der Waals surface area contributed by atoms with Crippen molar-refractivity contribution in [2.75, 3.05) is 42.7 Å². The molecule has 0 radical (unpaired) electrons. The lowest BCUT2D eigenvalue weighted by Gasteiger charge is -2.13. The lowest BCUT2D eigenvalue weighted by Crippen LogP contribution is -2.00. The highest BCUT2D eigenvalue weighted by atomic mass is 16.5. The average molecular weight is 519 g/mol. The molecule has 38 heavy (non-hydrogen) atoms. The third kappa shape index (κ3) is 6.34. The van der Waals surface area contributed by atoms with Crippen molar-refractivity contribution < 1.29 is 38.0 Å². The topological polar surface area (TPSA) is 89.5 Å². The Kier molecular flexibility index (Phi) is 9.54. The van der Waals surface area contributed by atoms with E-state index in [1.54, 1.807) is 36.4 Å². The molecule has 0 N–H and O–H groups in total. The minimum atomic E-state index is -0.218. The fourth-order valence-electron chi connectivity index (χ4n) is 3.70. The van der Waals surface area contributed by atoms with Gasteiger partial charge in [-0.05, 0) is 47.5 Å². The van der Waals surface area contributed by atoms with Gasteiger partial charge in [0.1, 0.15) is 0 Å². The van der Waals surface area contributed by atoms with Gasteiger partial charge in [0.15, 0.2) is 34.6 Å². The minimum Gasteiger partial charge on any atom is -0.493 e. The molecule has 198 valence electrons. The van der Waals surface area contributed by atoms with Gasteiger partial charge in [-0.1, -0.05) is 36.4 Å². The summed E-state index contributed by atoms with van der Waals surface area (Å²) >= 11 is 0. The molecule has 3 rings (SSSR count). The van der Waals surface area contributed by atoms with Crippen LogP contribution in [0.25, 0.3) is 12.2 Å². The highest BCUT2D eigenvalue weighted by Crippen LogP contribution is 2.39. The largest absolute Gasteiger partial charge is 0.493 e. The summed E-state index contributed by atoms with van der Waals surface area (Å²) < 4.78 is 31.9. The van der Waals surface area contributed by atoms with Gasteiger partial charge >= 0.3 is 0 Å². The number of hydrogen-bond donors (Lipinski definition) is 0. The van der Waals surface area contributed by atoms with Crippen LogP contribution in [-0.4, -0.2) is 54.2 Å². The molecule has 3 aromatic carbocycles. The number of carbonyl (C=O) groups is 2. The molecule has 0 saturated heterocycles. The summed E-state index contributed by atoms with van der Waals surface area (Å²) in [5, 5.41) is 0. The number of rotatable bonds is 12. The molecule has 0 fully saturated rings. The van der Waals surface area contributed by atoms with E-state index in [-0.39, 0.29) is 11.6 Å². The third-order valence-electron chi connectivity index (χ3n) is 5.69. The fourth-order valence-corrected chi connectivity index (χ4v) is 3.70. The van der Waals surface area contributed by atoms with Gasteiger partial charge in [-0.15, -0.1) is 0 Å². The number of benzene rings is 3. The summed E-state index contributed by atoms with van der Waals surface area (Å²) in [5.74, 6) is 2.02. The van der Waals surface area contributed by atoms with E-state index >= 15 is 0 Å². The van der Waals surface area contributed by atoms with Crippen molar-refractivity contribution in [3.63, 3.8) is 0 Å². The predicted molar refractivity (Wildman–Crippen MR) is 145 cm³/mol. The maximum Gasteiger partial charge on any atom is 0.203 e. The zero-order valence-corrected chi connectivity index (χ0v) is 22.2. The van der Waals surface area contributed by atoms with Crippen LogP contribution in [0.15, 0.2) is 60.7 Å². The molecule has 0 atom stereocenters. The maximum atomic E-state index is 12.8. The molecule has 0 unspecified atom stereocenters. The number of ether oxygens (including phenoxy) is 6. The van der Waals surface area contributed by atoms with Crippen LogP contribution >= 0.6 is 0 Å². The second kappa shape index (κ2) is 13.0. The van der Waals surface area contributed by atoms with Crippen molar-refractivity contribution in [1.82, 2.24) is 0 Å². The molecule has 3 aromatic rings. The van der Waals surface area contributed by atoms with Gasteiger partial charge in [0.05, 0.1) is 42.7 Å². The first-order chi connectivity index (χ1) is 18.4. The van der Waals surface area contributed by atoms with Gasteiger partial charge in [0.2, 0.25) is 11.5 Å². The molecule has 0 aliphatic rings. The van der Waals surface area contributed by atoms with E-state index in [1.807, 2.05) is 24.3 Å².